The van der Waals surface area contributed by atoms with Gasteiger partial charge in [0, 0.05) is 21.8 Å². The van der Waals surface area contributed by atoms with Gasteiger partial charge in [-0.3, -0.25) is 14.9 Å². The second-order valence-electron chi connectivity index (χ2n) is 3.68. The normalized spacial score (nSPS) is 12.1. The molecule has 1 rings (SSSR count). The molecule has 6 heteroatoms. The zero-order chi connectivity index (χ0) is 13.0. The summed E-state index contributed by atoms with van der Waals surface area (Å²) in [6.07, 6.45) is 0.0345. The fourth-order valence-corrected chi connectivity index (χ4v) is 2.53. The summed E-state index contributed by atoms with van der Waals surface area (Å²) in [5.41, 5.74) is 0.650. The molecule has 0 aliphatic carbocycles. The molecule has 0 aliphatic heterocycles. The van der Waals surface area contributed by atoms with Crippen LogP contribution in [0.15, 0.2) is 23.1 Å². The topological polar surface area (TPSA) is 80.4 Å². The fraction of sp³-hybridized carbons (Fsp3) is 0.364. The minimum absolute atomic E-state index is 0.0345. The highest BCUT2D eigenvalue weighted by Crippen LogP contribution is 2.32. The lowest BCUT2D eigenvalue weighted by Crippen LogP contribution is -2.06. The van der Waals surface area contributed by atoms with Gasteiger partial charge in [0.05, 0.1) is 11.3 Å². The third-order valence-corrected chi connectivity index (χ3v) is 3.51. The third-order valence-electron chi connectivity index (χ3n) is 2.24. The quantitative estimate of drug-likeness (QED) is 0.497. The van der Waals surface area contributed by atoms with Crippen molar-refractivity contribution in [3.8, 4) is 0 Å². The first-order chi connectivity index (χ1) is 7.91. The number of hydrogen-bond acceptors (Lipinski definition) is 4. The number of thioether (sulfide) groups is 1. The van der Waals surface area contributed by atoms with Gasteiger partial charge < -0.3 is 5.11 Å². The summed E-state index contributed by atoms with van der Waals surface area (Å²) < 4.78 is 0. The highest BCUT2D eigenvalue weighted by molar-refractivity contribution is 8.00. The van der Waals surface area contributed by atoms with Gasteiger partial charge in [0.25, 0.3) is 5.69 Å². The molecule has 1 aromatic rings. The molecule has 0 saturated carbocycles. The van der Waals surface area contributed by atoms with Crippen LogP contribution in [0.1, 0.15) is 18.9 Å². The standard InChI is InChI=1S/C11H13NO4S/c1-7(6-11(13)14)17-10-5-3-4-9(8(10)2)12(15)16/h3-5,7H,6H2,1-2H3,(H,13,14). The molecule has 1 atom stereocenters. The van der Waals surface area contributed by atoms with Crippen LogP contribution in [0.2, 0.25) is 0 Å². The first-order valence-corrected chi connectivity index (χ1v) is 5.92. The Labute approximate surface area is 103 Å². The monoisotopic (exact) mass is 255 g/mol. The summed E-state index contributed by atoms with van der Waals surface area (Å²) >= 11 is 1.34. The maximum absolute atomic E-state index is 10.7. The van der Waals surface area contributed by atoms with Gasteiger partial charge >= 0.3 is 5.97 Å². The molecule has 5 nitrogen and oxygen atoms in total. The van der Waals surface area contributed by atoms with Gasteiger partial charge in [-0.1, -0.05) is 13.0 Å². The Hall–Kier alpha value is -1.56. The molecule has 0 saturated heterocycles. The van der Waals surface area contributed by atoms with Gasteiger partial charge in [-0.25, -0.2) is 0 Å². The summed E-state index contributed by atoms with van der Waals surface area (Å²) in [6, 6.07) is 4.83. The minimum atomic E-state index is -0.868. The molecule has 92 valence electrons. The predicted octanol–water partition coefficient (Wildman–Crippen LogP) is 2.86. The number of carboxylic acid groups (broad SMARTS) is 1. The van der Waals surface area contributed by atoms with Crippen LogP contribution in [0, 0.1) is 17.0 Å². The predicted molar refractivity (Wildman–Crippen MR) is 65.4 cm³/mol. The van der Waals surface area contributed by atoms with Crippen molar-refractivity contribution in [3.05, 3.63) is 33.9 Å². The number of carbonyl (C=O) groups is 1. The van der Waals surface area contributed by atoms with E-state index in [0.29, 0.717) is 5.56 Å². The molecule has 1 aromatic carbocycles. The summed E-state index contributed by atoms with van der Waals surface area (Å²) in [6.45, 7) is 3.46. The second-order valence-corrected chi connectivity index (χ2v) is 5.16. The average Bonchev–Trinajstić information content (AvgIpc) is 2.19. The zero-order valence-electron chi connectivity index (χ0n) is 9.54. The van der Waals surface area contributed by atoms with Crippen molar-refractivity contribution in [2.45, 2.75) is 30.4 Å². The van der Waals surface area contributed by atoms with Crippen molar-refractivity contribution in [1.82, 2.24) is 0 Å². The van der Waals surface area contributed by atoms with Gasteiger partial charge in [0.1, 0.15) is 0 Å². The van der Waals surface area contributed by atoms with Gasteiger partial charge in [0.15, 0.2) is 0 Å². The molecule has 0 aromatic heterocycles. The molecule has 0 amide bonds. The smallest absolute Gasteiger partial charge is 0.304 e. The molecule has 17 heavy (non-hydrogen) atoms. The van der Waals surface area contributed by atoms with Crippen molar-refractivity contribution in [3.63, 3.8) is 0 Å². The van der Waals surface area contributed by atoms with Crippen molar-refractivity contribution < 1.29 is 14.8 Å². The number of carboxylic acids is 1. The Morgan fingerprint density at radius 3 is 2.76 bits per heavy atom. The molecule has 1 N–H and O–H groups in total. The van der Waals surface area contributed by atoms with Crippen LogP contribution in [0.4, 0.5) is 5.69 Å². The number of hydrogen-bond donors (Lipinski definition) is 1. The summed E-state index contributed by atoms with van der Waals surface area (Å²) in [7, 11) is 0. The van der Waals surface area contributed by atoms with Crippen molar-refractivity contribution in [2.75, 3.05) is 0 Å². The van der Waals surface area contributed by atoms with Crippen molar-refractivity contribution in [2.24, 2.45) is 0 Å². The maximum Gasteiger partial charge on any atom is 0.304 e. The molecular formula is C11H13NO4S. The van der Waals surface area contributed by atoms with Gasteiger partial charge in [-0.05, 0) is 13.0 Å². The number of nitrogens with zero attached hydrogens (tertiary/aromatic N) is 1. The zero-order valence-corrected chi connectivity index (χ0v) is 10.4. The van der Waals surface area contributed by atoms with E-state index in [1.54, 1.807) is 26.0 Å². The van der Waals surface area contributed by atoms with E-state index in [1.165, 1.54) is 17.8 Å². The second kappa shape index (κ2) is 5.67. The van der Waals surface area contributed by atoms with Crippen LogP contribution >= 0.6 is 11.8 Å². The minimum Gasteiger partial charge on any atom is -0.481 e. The first-order valence-electron chi connectivity index (χ1n) is 5.04. The van der Waals surface area contributed by atoms with Crippen LogP contribution in [0.3, 0.4) is 0 Å². The maximum atomic E-state index is 10.7. The molecule has 0 spiro atoms. The summed E-state index contributed by atoms with van der Waals surface area (Å²) in [5, 5.41) is 19.3. The van der Waals surface area contributed by atoms with E-state index >= 15 is 0 Å². The molecule has 0 fully saturated rings. The molecule has 0 aliphatic rings. The largest absolute Gasteiger partial charge is 0.481 e. The van der Waals surface area contributed by atoms with E-state index in [2.05, 4.69) is 0 Å². The Morgan fingerprint density at radius 1 is 1.59 bits per heavy atom. The highest BCUT2D eigenvalue weighted by Gasteiger charge is 2.16. The Kier molecular flexibility index (Phi) is 4.51. The average molecular weight is 255 g/mol. The Morgan fingerprint density at radius 2 is 2.24 bits per heavy atom. The van der Waals surface area contributed by atoms with Crippen molar-refractivity contribution >= 4 is 23.4 Å². The molecular weight excluding hydrogens is 242 g/mol. The van der Waals surface area contributed by atoms with Gasteiger partial charge in [-0.2, -0.15) is 0 Å². The summed E-state index contributed by atoms with van der Waals surface area (Å²) in [4.78, 5) is 21.6. The number of rotatable bonds is 5. The third kappa shape index (κ3) is 3.74. The SMILES string of the molecule is Cc1c(SC(C)CC(=O)O)cccc1[N+](=O)[O-]. The first kappa shape index (κ1) is 13.5. The number of nitro groups is 1. The Bertz CT molecular complexity index is 447. The number of benzene rings is 1. The van der Waals surface area contributed by atoms with E-state index in [9.17, 15) is 14.9 Å². The van der Waals surface area contributed by atoms with Crippen LogP contribution < -0.4 is 0 Å². The Balaban J connectivity index is 2.88. The van der Waals surface area contributed by atoms with Crippen molar-refractivity contribution in [1.29, 1.82) is 0 Å². The summed E-state index contributed by atoms with van der Waals surface area (Å²) in [5.74, 6) is -0.868. The van der Waals surface area contributed by atoms with Gasteiger partial charge in [-0.15, -0.1) is 11.8 Å². The van der Waals surface area contributed by atoms with E-state index in [1.807, 2.05) is 0 Å². The molecule has 0 radical (unpaired) electrons. The number of aliphatic carboxylic acids is 1. The van der Waals surface area contributed by atoms with E-state index in [4.69, 9.17) is 5.11 Å². The molecule has 1 unspecified atom stereocenters. The lowest BCUT2D eigenvalue weighted by Gasteiger charge is -2.10. The fourth-order valence-electron chi connectivity index (χ4n) is 1.43. The highest BCUT2D eigenvalue weighted by atomic mass is 32.2. The molecule has 0 heterocycles. The lowest BCUT2D eigenvalue weighted by atomic mass is 10.2. The van der Waals surface area contributed by atoms with Crippen LogP contribution in [0.5, 0.6) is 0 Å². The van der Waals surface area contributed by atoms with Crippen LogP contribution in [-0.2, 0) is 4.79 Å². The van der Waals surface area contributed by atoms with Crippen LogP contribution in [0.25, 0.3) is 0 Å². The molecule has 0 bridgehead atoms. The van der Waals surface area contributed by atoms with E-state index in [0.717, 1.165) is 4.90 Å². The van der Waals surface area contributed by atoms with E-state index in [-0.39, 0.29) is 17.4 Å². The number of nitro benzene ring substituents is 1. The van der Waals surface area contributed by atoms with E-state index < -0.39 is 10.9 Å². The lowest BCUT2D eigenvalue weighted by molar-refractivity contribution is -0.385. The van der Waals surface area contributed by atoms with Crippen LogP contribution in [-0.4, -0.2) is 21.2 Å². The van der Waals surface area contributed by atoms with Gasteiger partial charge in [0.2, 0.25) is 0 Å².